The number of hydrogen-bond acceptors (Lipinski definition) is 3. The number of thioether (sulfide) groups is 1. The molecule has 0 N–H and O–H groups in total. The van der Waals surface area contributed by atoms with Crippen LogP contribution in [0.4, 0.5) is 0 Å². The van der Waals surface area contributed by atoms with Crippen LogP contribution in [0.2, 0.25) is 0 Å². The zero-order valence-electron chi connectivity index (χ0n) is 9.58. The van der Waals surface area contributed by atoms with Gasteiger partial charge in [0.1, 0.15) is 5.78 Å². The summed E-state index contributed by atoms with van der Waals surface area (Å²) in [6, 6.07) is 0. The minimum atomic E-state index is -0.226. The average molecular weight is 226 g/mol. The lowest BCUT2D eigenvalue weighted by atomic mass is 9.69. The highest BCUT2D eigenvalue weighted by atomic mass is 32.2. The molecular weight excluding hydrogens is 208 g/mol. The van der Waals surface area contributed by atoms with Gasteiger partial charge in [0, 0.05) is 17.4 Å². The number of carbonyl (C=O) groups is 1. The molecule has 0 aromatic carbocycles. The molecule has 2 nitrogen and oxygen atoms in total. The van der Waals surface area contributed by atoms with Gasteiger partial charge in [0.2, 0.25) is 0 Å². The predicted octanol–water partition coefficient (Wildman–Crippen LogP) is 2.12. The van der Waals surface area contributed by atoms with Crippen LogP contribution in [-0.4, -0.2) is 29.5 Å². The van der Waals surface area contributed by atoms with Crippen LogP contribution in [0.15, 0.2) is 0 Å². The summed E-state index contributed by atoms with van der Waals surface area (Å²) >= 11 is 2.02. The molecule has 3 rings (SSSR count). The van der Waals surface area contributed by atoms with Crippen LogP contribution < -0.4 is 0 Å². The molecule has 0 amide bonds. The lowest BCUT2D eigenvalue weighted by molar-refractivity contribution is -0.138. The number of ketones is 1. The Morgan fingerprint density at radius 3 is 2.87 bits per heavy atom. The number of Topliss-reactive ketones (excluding diaryl/α,β-unsaturated/α-hetero) is 1. The van der Waals surface area contributed by atoms with Crippen LogP contribution in [0.1, 0.15) is 27.2 Å². The first-order valence-electron chi connectivity index (χ1n) is 5.76. The first-order chi connectivity index (χ1) is 6.99. The fraction of sp³-hybridized carbons (Fsp3) is 0.917. The van der Waals surface area contributed by atoms with Gasteiger partial charge in [-0.05, 0) is 18.3 Å². The predicted molar refractivity (Wildman–Crippen MR) is 61.0 cm³/mol. The Bertz CT molecular complexity index is 326. The Balaban J connectivity index is 2.09. The van der Waals surface area contributed by atoms with Crippen LogP contribution in [-0.2, 0) is 9.53 Å². The van der Waals surface area contributed by atoms with Gasteiger partial charge in [0.25, 0.3) is 0 Å². The second-order valence-corrected chi connectivity index (χ2v) is 7.07. The van der Waals surface area contributed by atoms with Crippen molar-refractivity contribution in [3.63, 3.8) is 0 Å². The van der Waals surface area contributed by atoms with Crippen molar-refractivity contribution < 1.29 is 9.53 Å². The van der Waals surface area contributed by atoms with E-state index in [0.29, 0.717) is 17.0 Å². The van der Waals surface area contributed by atoms with Gasteiger partial charge in [-0.2, -0.15) is 11.8 Å². The number of hydrogen-bond donors (Lipinski definition) is 0. The summed E-state index contributed by atoms with van der Waals surface area (Å²) in [5.74, 6) is 2.06. The molecule has 4 atom stereocenters. The van der Waals surface area contributed by atoms with Crippen molar-refractivity contribution in [1.29, 1.82) is 0 Å². The van der Waals surface area contributed by atoms with Crippen LogP contribution in [0.5, 0.6) is 0 Å². The summed E-state index contributed by atoms with van der Waals surface area (Å²) in [4.78, 5) is 12.1. The fourth-order valence-electron chi connectivity index (χ4n) is 3.83. The van der Waals surface area contributed by atoms with Gasteiger partial charge < -0.3 is 4.74 Å². The van der Waals surface area contributed by atoms with Gasteiger partial charge in [-0.3, -0.25) is 4.79 Å². The van der Waals surface area contributed by atoms with E-state index in [0.717, 1.165) is 18.8 Å². The van der Waals surface area contributed by atoms with E-state index in [2.05, 4.69) is 20.8 Å². The first kappa shape index (κ1) is 10.2. The number of fused-ring (bicyclic) bond motifs is 5. The Hall–Kier alpha value is -0.0200. The van der Waals surface area contributed by atoms with E-state index in [9.17, 15) is 4.79 Å². The smallest absolute Gasteiger partial charge is 0.142 e. The third-order valence-electron chi connectivity index (χ3n) is 5.21. The standard InChI is InChI=1S/C12H18O2S/c1-11(2)7-6-8(13)12(11,3)10-9(7)15-5-4-14-10/h7,9-10H,4-6H2,1-3H3/t7-,9-,10-,12+/m1/s1. The van der Waals surface area contributed by atoms with E-state index in [1.165, 1.54) is 0 Å². The van der Waals surface area contributed by atoms with E-state index in [1.54, 1.807) is 0 Å². The molecular formula is C12H18O2S. The summed E-state index contributed by atoms with van der Waals surface area (Å²) in [5.41, 5.74) is -0.105. The zero-order valence-corrected chi connectivity index (χ0v) is 10.4. The molecule has 0 aromatic heterocycles. The van der Waals surface area contributed by atoms with Crippen LogP contribution in [0.25, 0.3) is 0 Å². The number of carbonyl (C=O) groups excluding carboxylic acids is 1. The summed E-state index contributed by atoms with van der Waals surface area (Å²) in [5, 5.41) is 0.566. The topological polar surface area (TPSA) is 26.3 Å². The first-order valence-corrected chi connectivity index (χ1v) is 6.81. The molecule has 1 heterocycles. The lowest BCUT2D eigenvalue weighted by Crippen LogP contribution is -2.48. The van der Waals surface area contributed by atoms with Crippen LogP contribution >= 0.6 is 11.8 Å². The molecule has 3 fully saturated rings. The molecule has 3 aliphatic rings. The van der Waals surface area contributed by atoms with Gasteiger partial charge >= 0.3 is 0 Å². The molecule has 1 aliphatic heterocycles. The minimum absolute atomic E-state index is 0.122. The SMILES string of the molecule is CC1(C)[C@@H]2CC(=O)[C@@]1(C)[C@@H]1OCCS[C@H]21. The Kier molecular flexibility index (Phi) is 1.90. The van der Waals surface area contributed by atoms with Crippen LogP contribution in [0.3, 0.4) is 0 Å². The van der Waals surface area contributed by atoms with Gasteiger partial charge in [-0.25, -0.2) is 0 Å². The van der Waals surface area contributed by atoms with E-state index in [4.69, 9.17) is 4.74 Å². The molecule has 1 saturated heterocycles. The van der Waals surface area contributed by atoms with Crippen LogP contribution in [0, 0.1) is 16.7 Å². The third-order valence-corrected chi connectivity index (χ3v) is 6.57. The van der Waals surface area contributed by atoms with E-state index in [-0.39, 0.29) is 16.9 Å². The van der Waals surface area contributed by atoms with E-state index < -0.39 is 0 Å². The van der Waals surface area contributed by atoms with Gasteiger partial charge in [0.05, 0.1) is 18.1 Å². The molecule has 0 unspecified atom stereocenters. The summed E-state index contributed by atoms with van der Waals surface area (Å²) in [6.07, 6.45) is 0.957. The highest BCUT2D eigenvalue weighted by Crippen LogP contribution is 2.67. The molecule has 2 saturated carbocycles. The fourth-order valence-corrected chi connectivity index (χ4v) is 5.49. The van der Waals surface area contributed by atoms with Gasteiger partial charge in [-0.1, -0.05) is 13.8 Å². The van der Waals surface area contributed by atoms with E-state index in [1.807, 2.05) is 11.8 Å². The normalized spacial score (nSPS) is 51.9. The van der Waals surface area contributed by atoms with Crippen molar-refractivity contribution >= 4 is 17.5 Å². The van der Waals surface area contributed by atoms with Gasteiger partial charge in [-0.15, -0.1) is 0 Å². The molecule has 0 spiro atoms. The Morgan fingerprint density at radius 2 is 2.13 bits per heavy atom. The van der Waals surface area contributed by atoms with Crippen molar-refractivity contribution in [3.05, 3.63) is 0 Å². The molecule has 2 aliphatic carbocycles. The maximum Gasteiger partial charge on any atom is 0.142 e. The second-order valence-electron chi connectivity index (χ2n) is 5.78. The monoisotopic (exact) mass is 226 g/mol. The highest BCUT2D eigenvalue weighted by molar-refractivity contribution is 8.00. The molecule has 0 aromatic rings. The molecule has 84 valence electrons. The Labute approximate surface area is 95.1 Å². The minimum Gasteiger partial charge on any atom is -0.375 e. The number of rotatable bonds is 0. The molecule has 0 radical (unpaired) electrons. The summed E-state index contributed by atoms with van der Waals surface area (Å²) in [7, 11) is 0. The van der Waals surface area contributed by atoms with Crippen molar-refractivity contribution in [2.45, 2.75) is 38.5 Å². The maximum absolute atomic E-state index is 12.1. The zero-order chi connectivity index (χ0) is 10.8. The van der Waals surface area contributed by atoms with Crippen molar-refractivity contribution in [2.24, 2.45) is 16.7 Å². The highest BCUT2D eigenvalue weighted by Gasteiger charge is 2.71. The molecule has 2 bridgehead atoms. The lowest BCUT2D eigenvalue weighted by Gasteiger charge is -2.40. The molecule has 15 heavy (non-hydrogen) atoms. The maximum atomic E-state index is 12.1. The van der Waals surface area contributed by atoms with Gasteiger partial charge in [0.15, 0.2) is 0 Å². The number of ether oxygens (including phenoxy) is 1. The third kappa shape index (κ3) is 0.949. The quantitative estimate of drug-likeness (QED) is 0.633. The largest absolute Gasteiger partial charge is 0.375 e. The van der Waals surface area contributed by atoms with Crippen molar-refractivity contribution in [3.8, 4) is 0 Å². The summed E-state index contributed by atoms with van der Waals surface area (Å²) < 4.78 is 5.90. The molecule has 3 heteroatoms. The van der Waals surface area contributed by atoms with Crippen molar-refractivity contribution in [2.75, 3.05) is 12.4 Å². The van der Waals surface area contributed by atoms with Crippen molar-refractivity contribution in [1.82, 2.24) is 0 Å². The van der Waals surface area contributed by atoms with E-state index >= 15 is 0 Å². The summed E-state index contributed by atoms with van der Waals surface area (Å²) in [6.45, 7) is 7.46. The Morgan fingerprint density at radius 1 is 1.40 bits per heavy atom. The second kappa shape index (κ2) is 2.80. The average Bonchev–Trinajstić information content (AvgIpc) is 2.49.